The number of benzene rings is 1. The standard InChI is InChI=1S/C45H73F4N5O13/c1-43(2,3)65-37(57)30-52-14-12-51(13-15-53(31-38(58)66-44(4,5)6)17-19-54(18-16-52)32-39(59)67-45(7,8)9)29-35(55)50-11-21-61-23-25-63-27-26-62-24-22-60-20-10-36(56)64-42-40(48)33(46)28-34(47)41(42)49/h28H,10-27,29-32H2,1-9H3,(H,50,55). The fourth-order valence-electron chi connectivity index (χ4n) is 6.12. The second kappa shape index (κ2) is 29.8. The molecule has 1 amide bonds. The first-order valence-electron chi connectivity index (χ1n) is 22.5. The Morgan fingerprint density at radius 1 is 0.478 bits per heavy atom. The normalized spacial score (nSPS) is 15.6. The minimum Gasteiger partial charge on any atom is -0.459 e. The zero-order chi connectivity index (χ0) is 50.2. The van der Waals surface area contributed by atoms with E-state index < -0.39 is 70.2 Å². The number of hydrogen-bond acceptors (Lipinski definition) is 17. The minimum absolute atomic E-state index is 0.00551. The van der Waals surface area contributed by atoms with Crippen LogP contribution >= 0.6 is 0 Å². The first-order valence-corrected chi connectivity index (χ1v) is 22.5. The summed E-state index contributed by atoms with van der Waals surface area (Å²) in [5.41, 5.74) is -2.02. The van der Waals surface area contributed by atoms with Crippen molar-refractivity contribution >= 4 is 29.8 Å². The number of amides is 1. The molecule has 0 aliphatic carbocycles. The minimum atomic E-state index is -1.82. The lowest BCUT2D eigenvalue weighted by Crippen LogP contribution is -2.50. The van der Waals surface area contributed by atoms with Gasteiger partial charge in [0.05, 0.1) is 85.5 Å². The van der Waals surface area contributed by atoms with Gasteiger partial charge in [0.15, 0.2) is 11.6 Å². The van der Waals surface area contributed by atoms with E-state index in [2.05, 4.69) is 10.1 Å². The van der Waals surface area contributed by atoms with E-state index in [1.54, 1.807) is 62.3 Å². The van der Waals surface area contributed by atoms with Crippen molar-refractivity contribution in [1.29, 1.82) is 0 Å². The first-order chi connectivity index (χ1) is 31.3. The van der Waals surface area contributed by atoms with Crippen LogP contribution in [0.3, 0.4) is 0 Å². The fraction of sp³-hybridized carbons (Fsp3) is 0.756. The Hall–Kier alpha value is -4.03. The number of halogens is 4. The monoisotopic (exact) mass is 968 g/mol. The maximum Gasteiger partial charge on any atom is 0.320 e. The highest BCUT2D eigenvalue weighted by Crippen LogP contribution is 2.26. The molecule has 0 aromatic heterocycles. The summed E-state index contributed by atoms with van der Waals surface area (Å²) in [6, 6.07) is 0.00551. The molecule has 1 heterocycles. The third-order valence-corrected chi connectivity index (χ3v) is 9.04. The van der Waals surface area contributed by atoms with E-state index >= 15 is 0 Å². The van der Waals surface area contributed by atoms with Crippen molar-refractivity contribution < 1.29 is 79.4 Å². The molecule has 1 aromatic rings. The lowest BCUT2D eigenvalue weighted by atomic mass is 10.2. The summed E-state index contributed by atoms with van der Waals surface area (Å²) in [7, 11) is 0. The SMILES string of the molecule is CC(C)(C)OC(=O)CN1CCN(CC(=O)NCCOCCOCCOCCOCCC(=O)Oc2c(F)c(F)cc(F)c2F)CCN(CC(=O)OC(C)(C)C)CCN(CC(=O)OC(C)(C)C)CC1. The molecule has 22 heteroatoms. The van der Waals surface area contributed by atoms with Crippen LogP contribution < -0.4 is 10.1 Å². The lowest BCUT2D eigenvalue weighted by molar-refractivity contribution is -0.158. The van der Waals surface area contributed by atoms with Crippen molar-refractivity contribution in [3.63, 3.8) is 0 Å². The van der Waals surface area contributed by atoms with Crippen LogP contribution in [-0.4, -0.2) is 204 Å². The van der Waals surface area contributed by atoms with Crippen molar-refractivity contribution in [3.05, 3.63) is 29.3 Å². The Labute approximate surface area is 392 Å². The van der Waals surface area contributed by atoms with E-state index in [4.69, 9.17) is 33.2 Å². The Kier molecular flexibility index (Phi) is 26.3. The molecule has 1 fully saturated rings. The lowest BCUT2D eigenvalue weighted by Gasteiger charge is -2.34. The van der Waals surface area contributed by atoms with Gasteiger partial charge in [-0.05, 0) is 62.3 Å². The van der Waals surface area contributed by atoms with Gasteiger partial charge < -0.3 is 43.2 Å². The zero-order valence-electron chi connectivity index (χ0n) is 40.7. The number of carbonyl (C=O) groups is 5. The van der Waals surface area contributed by atoms with Crippen molar-refractivity contribution in [2.45, 2.75) is 85.5 Å². The van der Waals surface area contributed by atoms with Gasteiger partial charge >= 0.3 is 23.9 Å². The molecule has 1 N–H and O–H groups in total. The smallest absolute Gasteiger partial charge is 0.320 e. The van der Waals surface area contributed by atoms with Crippen LogP contribution in [0.4, 0.5) is 17.6 Å². The predicted octanol–water partition coefficient (Wildman–Crippen LogP) is 2.97. The van der Waals surface area contributed by atoms with Gasteiger partial charge in [0.25, 0.3) is 0 Å². The maximum absolute atomic E-state index is 13.7. The Morgan fingerprint density at radius 2 is 0.791 bits per heavy atom. The third-order valence-electron chi connectivity index (χ3n) is 9.04. The Bertz CT molecular complexity index is 1640. The van der Waals surface area contributed by atoms with E-state index in [0.717, 1.165) is 0 Å². The quantitative estimate of drug-likeness (QED) is 0.0398. The summed E-state index contributed by atoms with van der Waals surface area (Å²) in [5.74, 6) is -11.0. The predicted molar refractivity (Wildman–Crippen MR) is 236 cm³/mol. The second-order valence-electron chi connectivity index (χ2n) is 18.7. The summed E-state index contributed by atoms with van der Waals surface area (Å²) in [4.78, 5) is 71.6. The molecule has 0 spiro atoms. The number of carbonyl (C=O) groups excluding carboxylic acids is 5. The van der Waals surface area contributed by atoms with Crippen LogP contribution in [0.25, 0.3) is 0 Å². The van der Waals surface area contributed by atoms with Crippen LogP contribution in [0.15, 0.2) is 6.07 Å². The Balaban J connectivity index is 1.80. The van der Waals surface area contributed by atoms with Crippen LogP contribution in [0.1, 0.15) is 68.7 Å². The van der Waals surface area contributed by atoms with Crippen molar-refractivity contribution in [2.75, 3.05) is 138 Å². The molecular weight excluding hydrogens is 895 g/mol. The molecular formula is C45H73F4N5O13. The summed E-state index contributed by atoms with van der Waals surface area (Å²) in [5, 5.41) is 2.87. The summed E-state index contributed by atoms with van der Waals surface area (Å²) >= 11 is 0. The molecule has 18 nitrogen and oxygen atoms in total. The first kappa shape index (κ1) is 59.1. The summed E-state index contributed by atoms with van der Waals surface area (Å²) in [6.07, 6.45) is -0.432. The van der Waals surface area contributed by atoms with E-state index in [-0.39, 0.29) is 104 Å². The van der Waals surface area contributed by atoms with Crippen LogP contribution in [-0.2, 0) is 57.1 Å². The number of nitrogens with zero attached hydrogens (tertiary/aromatic N) is 4. The molecule has 0 radical (unpaired) electrons. The average molecular weight is 968 g/mol. The highest BCUT2D eigenvalue weighted by Gasteiger charge is 2.27. The van der Waals surface area contributed by atoms with E-state index in [9.17, 15) is 41.5 Å². The number of hydrogen-bond donors (Lipinski definition) is 1. The maximum atomic E-state index is 13.7. The highest BCUT2D eigenvalue weighted by atomic mass is 19.2. The van der Waals surface area contributed by atoms with Gasteiger partial charge in [0.1, 0.15) is 16.8 Å². The van der Waals surface area contributed by atoms with Gasteiger partial charge in [-0.2, -0.15) is 8.78 Å². The molecule has 0 unspecified atom stereocenters. The van der Waals surface area contributed by atoms with Crippen molar-refractivity contribution in [3.8, 4) is 5.75 Å². The fourth-order valence-corrected chi connectivity index (χ4v) is 6.12. The number of ether oxygens (including phenoxy) is 8. The molecule has 0 atom stereocenters. The Morgan fingerprint density at radius 3 is 1.13 bits per heavy atom. The molecule has 1 aromatic carbocycles. The molecule has 1 aliphatic rings. The van der Waals surface area contributed by atoms with Gasteiger partial charge in [-0.25, -0.2) is 8.78 Å². The van der Waals surface area contributed by atoms with Gasteiger partial charge in [0, 0.05) is 65.0 Å². The molecule has 384 valence electrons. The second-order valence-corrected chi connectivity index (χ2v) is 18.7. The number of rotatable bonds is 24. The van der Waals surface area contributed by atoms with Crippen molar-refractivity contribution in [1.82, 2.24) is 24.9 Å². The van der Waals surface area contributed by atoms with E-state index in [1.807, 2.05) is 19.6 Å². The van der Waals surface area contributed by atoms with Gasteiger partial charge in [-0.15, -0.1) is 0 Å². The van der Waals surface area contributed by atoms with Crippen LogP contribution in [0.2, 0.25) is 0 Å². The van der Waals surface area contributed by atoms with Crippen LogP contribution in [0.5, 0.6) is 5.75 Å². The highest BCUT2D eigenvalue weighted by molar-refractivity contribution is 5.78. The van der Waals surface area contributed by atoms with E-state index in [1.165, 1.54) is 0 Å². The van der Waals surface area contributed by atoms with E-state index in [0.29, 0.717) is 52.4 Å². The summed E-state index contributed by atoms with van der Waals surface area (Å²) < 4.78 is 96.7. The van der Waals surface area contributed by atoms with Gasteiger partial charge in [0.2, 0.25) is 23.3 Å². The van der Waals surface area contributed by atoms with Gasteiger partial charge in [-0.3, -0.25) is 43.6 Å². The molecule has 1 saturated heterocycles. The average Bonchev–Trinajstić information content (AvgIpc) is 3.19. The largest absolute Gasteiger partial charge is 0.459 e. The number of nitrogens with one attached hydrogen (secondary N) is 1. The molecule has 0 saturated carbocycles. The molecule has 67 heavy (non-hydrogen) atoms. The third kappa shape index (κ3) is 28.2. The molecule has 0 bridgehead atoms. The zero-order valence-corrected chi connectivity index (χ0v) is 40.7. The van der Waals surface area contributed by atoms with Gasteiger partial charge in [-0.1, -0.05) is 0 Å². The van der Waals surface area contributed by atoms with Crippen LogP contribution in [0, 0.1) is 23.3 Å². The molecule has 1 aliphatic heterocycles. The molecule has 2 rings (SSSR count). The van der Waals surface area contributed by atoms with Crippen molar-refractivity contribution in [2.24, 2.45) is 0 Å². The summed E-state index contributed by atoms with van der Waals surface area (Å²) in [6.45, 7) is 21.1. The number of esters is 4. The topological polar surface area (TPSA) is 184 Å².